The number of hydrogen-bond acceptors (Lipinski definition) is 3. The summed E-state index contributed by atoms with van der Waals surface area (Å²) in [6.45, 7) is 0.742. The molecule has 0 aromatic carbocycles. The van der Waals surface area contributed by atoms with Crippen LogP contribution in [0.25, 0.3) is 0 Å². The minimum Gasteiger partial charge on any atom is -0.381 e. The van der Waals surface area contributed by atoms with Crippen molar-refractivity contribution in [1.82, 2.24) is 0 Å². The molecular formula is C14H27NO2. The minimum atomic E-state index is 0.250. The van der Waals surface area contributed by atoms with E-state index < -0.39 is 0 Å². The molecule has 2 aliphatic carbocycles. The van der Waals surface area contributed by atoms with E-state index >= 15 is 0 Å². The van der Waals surface area contributed by atoms with E-state index in [0.717, 1.165) is 13.0 Å². The van der Waals surface area contributed by atoms with Gasteiger partial charge in [0.25, 0.3) is 0 Å². The number of ether oxygens (including phenoxy) is 2. The van der Waals surface area contributed by atoms with E-state index in [0.29, 0.717) is 18.1 Å². The van der Waals surface area contributed by atoms with Crippen molar-refractivity contribution < 1.29 is 9.47 Å². The summed E-state index contributed by atoms with van der Waals surface area (Å²) in [5.74, 6) is 0.705. The van der Waals surface area contributed by atoms with Crippen molar-refractivity contribution in [3.05, 3.63) is 0 Å². The molecule has 0 aliphatic heterocycles. The Balaban J connectivity index is 1.66. The van der Waals surface area contributed by atoms with Gasteiger partial charge in [-0.05, 0) is 44.4 Å². The maximum absolute atomic E-state index is 6.21. The molecule has 3 heteroatoms. The first-order valence-electron chi connectivity index (χ1n) is 7.19. The number of methoxy groups -OCH3 is 1. The predicted octanol–water partition coefficient (Wildman–Crippen LogP) is 2.48. The Labute approximate surface area is 105 Å². The van der Waals surface area contributed by atoms with Crippen LogP contribution in [0.2, 0.25) is 0 Å². The summed E-state index contributed by atoms with van der Waals surface area (Å²) in [5, 5.41) is 0. The lowest BCUT2D eigenvalue weighted by atomic mass is 9.94. The Kier molecular flexibility index (Phi) is 5.26. The molecule has 2 aliphatic rings. The van der Waals surface area contributed by atoms with Gasteiger partial charge in [-0.15, -0.1) is 0 Å². The van der Waals surface area contributed by atoms with E-state index in [9.17, 15) is 0 Å². The van der Waals surface area contributed by atoms with E-state index in [1.165, 1.54) is 44.9 Å². The largest absolute Gasteiger partial charge is 0.381 e. The molecule has 0 spiro atoms. The van der Waals surface area contributed by atoms with E-state index in [1.807, 2.05) is 0 Å². The summed E-state index contributed by atoms with van der Waals surface area (Å²) in [6.07, 6.45) is 10.7. The van der Waals surface area contributed by atoms with Crippen LogP contribution in [0.5, 0.6) is 0 Å². The molecule has 2 saturated carbocycles. The summed E-state index contributed by atoms with van der Waals surface area (Å²) < 4.78 is 11.4. The lowest BCUT2D eigenvalue weighted by Gasteiger charge is -2.30. The van der Waals surface area contributed by atoms with Crippen LogP contribution >= 0.6 is 0 Å². The molecule has 3 unspecified atom stereocenters. The molecule has 0 saturated heterocycles. The molecule has 3 nitrogen and oxygen atoms in total. The van der Waals surface area contributed by atoms with Crippen molar-refractivity contribution >= 4 is 0 Å². The summed E-state index contributed by atoms with van der Waals surface area (Å²) in [4.78, 5) is 0. The van der Waals surface area contributed by atoms with Gasteiger partial charge < -0.3 is 15.2 Å². The lowest BCUT2D eigenvalue weighted by molar-refractivity contribution is -0.0364. The molecular weight excluding hydrogens is 214 g/mol. The van der Waals surface area contributed by atoms with Gasteiger partial charge in [0.05, 0.1) is 18.8 Å². The summed E-state index contributed by atoms with van der Waals surface area (Å²) in [7, 11) is 1.80. The molecule has 2 fully saturated rings. The average molecular weight is 241 g/mol. The van der Waals surface area contributed by atoms with Crippen LogP contribution < -0.4 is 5.73 Å². The van der Waals surface area contributed by atoms with Crippen molar-refractivity contribution in [1.29, 1.82) is 0 Å². The second-order valence-electron chi connectivity index (χ2n) is 5.69. The summed E-state index contributed by atoms with van der Waals surface area (Å²) in [5.41, 5.74) is 6.21. The van der Waals surface area contributed by atoms with Crippen molar-refractivity contribution in [3.63, 3.8) is 0 Å². The van der Waals surface area contributed by atoms with Crippen LogP contribution in [-0.4, -0.2) is 32.0 Å². The molecule has 2 N–H and O–H groups in total. The van der Waals surface area contributed by atoms with Gasteiger partial charge in [-0.25, -0.2) is 0 Å². The van der Waals surface area contributed by atoms with Gasteiger partial charge in [-0.1, -0.05) is 12.8 Å². The molecule has 2 rings (SSSR count). The van der Waals surface area contributed by atoms with E-state index in [1.54, 1.807) is 7.11 Å². The van der Waals surface area contributed by atoms with Crippen LogP contribution in [0.3, 0.4) is 0 Å². The highest BCUT2D eigenvalue weighted by Crippen LogP contribution is 2.28. The fourth-order valence-corrected chi connectivity index (χ4v) is 3.24. The average Bonchev–Trinajstić information content (AvgIpc) is 2.90. The normalized spacial score (nSPS) is 32.8. The standard InChI is InChI=1S/C14H27NO2/c1-16-12-7-4-8-13(9-12)17-10-14(15)11-5-2-3-6-11/h11-14H,2-10,15H2,1H3. The second-order valence-corrected chi connectivity index (χ2v) is 5.69. The monoisotopic (exact) mass is 241 g/mol. The maximum atomic E-state index is 6.21. The Hall–Kier alpha value is -0.120. The SMILES string of the molecule is COC1CCCC(OCC(N)C2CCCC2)C1. The van der Waals surface area contributed by atoms with Crippen LogP contribution in [0.4, 0.5) is 0 Å². The second kappa shape index (κ2) is 6.72. The smallest absolute Gasteiger partial charge is 0.0624 e. The zero-order valence-electron chi connectivity index (χ0n) is 11.1. The molecule has 0 bridgehead atoms. The van der Waals surface area contributed by atoms with Crippen molar-refractivity contribution in [3.8, 4) is 0 Å². The van der Waals surface area contributed by atoms with Crippen molar-refractivity contribution in [2.24, 2.45) is 11.7 Å². The topological polar surface area (TPSA) is 44.5 Å². The first kappa shape index (κ1) is 13.3. The number of rotatable bonds is 5. The first-order valence-corrected chi connectivity index (χ1v) is 7.19. The summed E-state index contributed by atoms with van der Waals surface area (Å²) in [6, 6.07) is 0.250. The van der Waals surface area contributed by atoms with Gasteiger partial charge in [0.2, 0.25) is 0 Å². The highest BCUT2D eigenvalue weighted by Gasteiger charge is 2.25. The molecule has 0 amide bonds. The quantitative estimate of drug-likeness (QED) is 0.804. The first-order chi connectivity index (χ1) is 8.29. The Morgan fingerprint density at radius 3 is 2.47 bits per heavy atom. The van der Waals surface area contributed by atoms with E-state index in [-0.39, 0.29) is 6.04 Å². The van der Waals surface area contributed by atoms with Crippen molar-refractivity contribution in [2.75, 3.05) is 13.7 Å². The van der Waals surface area contributed by atoms with Gasteiger partial charge in [0.1, 0.15) is 0 Å². The fourth-order valence-electron chi connectivity index (χ4n) is 3.24. The highest BCUT2D eigenvalue weighted by molar-refractivity contribution is 4.79. The Morgan fingerprint density at radius 2 is 1.76 bits per heavy atom. The van der Waals surface area contributed by atoms with Crippen LogP contribution in [-0.2, 0) is 9.47 Å². The Bertz CT molecular complexity index is 216. The molecule has 0 radical (unpaired) electrons. The molecule has 3 atom stereocenters. The highest BCUT2D eigenvalue weighted by atomic mass is 16.5. The third-order valence-electron chi connectivity index (χ3n) is 4.44. The number of nitrogens with two attached hydrogens (primary N) is 1. The molecule has 100 valence electrons. The molecule has 17 heavy (non-hydrogen) atoms. The fraction of sp³-hybridized carbons (Fsp3) is 1.00. The Morgan fingerprint density at radius 1 is 1.06 bits per heavy atom. The molecule has 0 aromatic heterocycles. The van der Waals surface area contributed by atoms with Crippen LogP contribution in [0.15, 0.2) is 0 Å². The van der Waals surface area contributed by atoms with E-state index in [4.69, 9.17) is 15.2 Å². The van der Waals surface area contributed by atoms with Gasteiger partial charge in [-0.2, -0.15) is 0 Å². The predicted molar refractivity (Wildman–Crippen MR) is 68.9 cm³/mol. The zero-order valence-corrected chi connectivity index (χ0v) is 11.1. The minimum absolute atomic E-state index is 0.250. The van der Waals surface area contributed by atoms with Crippen molar-refractivity contribution in [2.45, 2.75) is 69.6 Å². The van der Waals surface area contributed by atoms with E-state index in [2.05, 4.69) is 0 Å². The maximum Gasteiger partial charge on any atom is 0.0624 e. The molecule has 0 heterocycles. The van der Waals surface area contributed by atoms with Crippen LogP contribution in [0.1, 0.15) is 51.4 Å². The third kappa shape index (κ3) is 3.94. The van der Waals surface area contributed by atoms with Gasteiger partial charge in [-0.3, -0.25) is 0 Å². The van der Waals surface area contributed by atoms with Crippen LogP contribution in [0, 0.1) is 5.92 Å². The summed E-state index contributed by atoms with van der Waals surface area (Å²) >= 11 is 0. The van der Waals surface area contributed by atoms with Gasteiger partial charge in [0, 0.05) is 13.2 Å². The lowest BCUT2D eigenvalue weighted by Crippen LogP contribution is -2.37. The molecule has 0 aromatic rings. The third-order valence-corrected chi connectivity index (χ3v) is 4.44. The number of hydrogen-bond donors (Lipinski definition) is 1. The van der Waals surface area contributed by atoms with Gasteiger partial charge >= 0.3 is 0 Å². The zero-order chi connectivity index (χ0) is 12.1. The van der Waals surface area contributed by atoms with Gasteiger partial charge in [0.15, 0.2) is 0 Å².